The molecule has 28 heavy (non-hydrogen) atoms. The fourth-order valence-corrected chi connectivity index (χ4v) is 6.42. The lowest BCUT2D eigenvalue weighted by molar-refractivity contribution is -0.131. The van der Waals surface area contributed by atoms with E-state index in [2.05, 4.69) is 5.32 Å². The lowest BCUT2D eigenvalue weighted by atomic mass is 9.94. The average Bonchev–Trinajstić information content (AvgIpc) is 3.59. The largest absolute Gasteiger partial charge is 0.351 e. The van der Waals surface area contributed by atoms with Crippen molar-refractivity contribution in [3.05, 3.63) is 35.9 Å². The summed E-state index contributed by atoms with van der Waals surface area (Å²) in [6.45, 7) is 0.874. The van der Waals surface area contributed by atoms with Gasteiger partial charge >= 0.3 is 0 Å². The molecular formula is C20H25N3O4S. The molecule has 2 saturated heterocycles. The second-order valence-electron chi connectivity index (χ2n) is 8.55. The molecule has 1 N–H and O–H groups in total. The molecule has 7 nitrogen and oxygen atoms in total. The molecule has 0 radical (unpaired) electrons. The van der Waals surface area contributed by atoms with Gasteiger partial charge in [-0.05, 0) is 37.7 Å². The summed E-state index contributed by atoms with van der Waals surface area (Å²) in [7, 11) is -3.52. The Labute approximate surface area is 165 Å². The minimum atomic E-state index is -3.52. The van der Waals surface area contributed by atoms with Gasteiger partial charge in [0.2, 0.25) is 15.9 Å². The molecule has 2 atom stereocenters. The summed E-state index contributed by atoms with van der Waals surface area (Å²) in [5, 5.41) is 3.16. The van der Waals surface area contributed by atoms with Gasteiger partial charge in [-0.25, -0.2) is 12.7 Å². The number of nitrogens with one attached hydrogen (secondary N) is 1. The Morgan fingerprint density at radius 3 is 2.50 bits per heavy atom. The van der Waals surface area contributed by atoms with Crippen LogP contribution in [0.25, 0.3) is 0 Å². The van der Waals surface area contributed by atoms with E-state index in [9.17, 15) is 18.0 Å². The maximum Gasteiger partial charge on any atom is 0.253 e. The van der Waals surface area contributed by atoms with E-state index in [1.165, 1.54) is 0 Å². The molecule has 1 aromatic rings. The molecule has 2 aliphatic heterocycles. The topological polar surface area (TPSA) is 86.8 Å². The summed E-state index contributed by atoms with van der Waals surface area (Å²) in [6, 6.07) is 9.12. The average molecular weight is 404 g/mol. The van der Waals surface area contributed by atoms with Gasteiger partial charge in [0.25, 0.3) is 5.91 Å². The van der Waals surface area contributed by atoms with Crippen LogP contribution in [0.2, 0.25) is 0 Å². The van der Waals surface area contributed by atoms with Crippen molar-refractivity contribution < 1.29 is 18.0 Å². The summed E-state index contributed by atoms with van der Waals surface area (Å²) in [4.78, 5) is 27.9. The molecule has 1 aromatic carbocycles. The van der Waals surface area contributed by atoms with Crippen molar-refractivity contribution >= 4 is 21.8 Å². The molecule has 8 heteroatoms. The van der Waals surface area contributed by atoms with Gasteiger partial charge in [0.1, 0.15) is 0 Å². The lowest BCUT2D eigenvalue weighted by Crippen LogP contribution is -2.45. The van der Waals surface area contributed by atoms with E-state index in [0.29, 0.717) is 19.5 Å². The van der Waals surface area contributed by atoms with Gasteiger partial charge in [-0.3, -0.25) is 14.5 Å². The summed E-state index contributed by atoms with van der Waals surface area (Å²) in [6.07, 6.45) is 3.69. The molecule has 4 aliphatic rings. The number of hydrogen-bond donors (Lipinski definition) is 1. The van der Waals surface area contributed by atoms with Crippen molar-refractivity contribution in [1.82, 2.24) is 14.5 Å². The Balaban J connectivity index is 1.30. The monoisotopic (exact) mass is 403 g/mol. The first-order chi connectivity index (χ1) is 13.4. The number of nitrogens with zero attached hydrogens (tertiary/aromatic N) is 2. The third-order valence-corrected chi connectivity index (χ3v) is 8.34. The number of fused-ring (bicyclic) bond motifs is 1. The first kappa shape index (κ1) is 18.1. The number of sulfonamides is 1. The number of carbonyl (C=O) groups is 2. The quantitative estimate of drug-likeness (QED) is 0.796. The third kappa shape index (κ3) is 2.93. The summed E-state index contributed by atoms with van der Waals surface area (Å²) in [5.41, 5.74) is 0.608. The highest BCUT2D eigenvalue weighted by Gasteiger charge is 2.53. The molecule has 0 spiro atoms. The van der Waals surface area contributed by atoms with Crippen LogP contribution in [0, 0.1) is 0 Å². The van der Waals surface area contributed by atoms with E-state index in [4.69, 9.17) is 0 Å². The van der Waals surface area contributed by atoms with Crippen molar-refractivity contribution in [2.75, 3.05) is 18.8 Å². The molecule has 2 heterocycles. The van der Waals surface area contributed by atoms with Crippen LogP contribution in [0.4, 0.5) is 0 Å². The molecule has 0 aromatic heterocycles. The Hall–Kier alpha value is -1.93. The highest BCUT2D eigenvalue weighted by atomic mass is 32.2. The fraction of sp³-hybridized carbons (Fsp3) is 0.600. The zero-order valence-corrected chi connectivity index (χ0v) is 16.5. The maximum atomic E-state index is 13.0. The van der Waals surface area contributed by atoms with Crippen LogP contribution >= 0.6 is 0 Å². The van der Waals surface area contributed by atoms with Crippen molar-refractivity contribution in [2.45, 2.75) is 55.6 Å². The van der Waals surface area contributed by atoms with Crippen LogP contribution in [0.3, 0.4) is 0 Å². The summed E-state index contributed by atoms with van der Waals surface area (Å²) < 4.78 is 26.1. The molecule has 5 rings (SSSR count). The van der Waals surface area contributed by atoms with Crippen molar-refractivity contribution in [1.29, 1.82) is 0 Å². The first-order valence-corrected chi connectivity index (χ1v) is 11.7. The van der Waals surface area contributed by atoms with Crippen LogP contribution in [0.15, 0.2) is 30.3 Å². The van der Waals surface area contributed by atoms with Crippen LogP contribution in [-0.2, 0) is 25.0 Å². The summed E-state index contributed by atoms with van der Waals surface area (Å²) in [5.74, 6) is -0.304. The van der Waals surface area contributed by atoms with Gasteiger partial charge in [0.05, 0.1) is 17.2 Å². The van der Waals surface area contributed by atoms with Gasteiger partial charge < -0.3 is 5.32 Å². The molecule has 0 unspecified atom stereocenters. The smallest absolute Gasteiger partial charge is 0.253 e. The number of rotatable bonds is 4. The second kappa shape index (κ2) is 6.29. The molecule has 150 valence electrons. The standard InChI is InChI=1S/C20H25N3O4S/c24-18-17-12-15(13-22(17)10-11-28(26,27)23(18)16-6-7-16)21-19(25)20(8-9-20)14-4-2-1-3-5-14/h1-5,15-17H,6-13H2,(H,21,25)/t15-,17-/m0/s1. The first-order valence-electron chi connectivity index (χ1n) is 10.1. The Morgan fingerprint density at radius 1 is 1.14 bits per heavy atom. The predicted octanol–water partition coefficient (Wildman–Crippen LogP) is 0.612. The summed E-state index contributed by atoms with van der Waals surface area (Å²) >= 11 is 0. The van der Waals surface area contributed by atoms with Crippen molar-refractivity contribution in [2.24, 2.45) is 0 Å². The number of amides is 2. The van der Waals surface area contributed by atoms with E-state index < -0.39 is 21.5 Å². The van der Waals surface area contributed by atoms with Crippen molar-refractivity contribution in [3.8, 4) is 0 Å². The van der Waals surface area contributed by atoms with Crippen LogP contribution in [0.1, 0.15) is 37.7 Å². The van der Waals surface area contributed by atoms with Gasteiger partial charge in [-0.1, -0.05) is 30.3 Å². The predicted molar refractivity (Wildman–Crippen MR) is 103 cm³/mol. The second-order valence-corrected chi connectivity index (χ2v) is 10.5. The number of hydrogen-bond acceptors (Lipinski definition) is 5. The lowest BCUT2D eigenvalue weighted by Gasteiger charge is -2.23. The zero-order valence-electron chi connectivity index (χ0n) is 15.7. The number of carbonyl (C=O) groups excluding carboxylic acids is 2. The van der Waals surface area contributed by atoms with E-state index in [0.717, 1.165) is 35.6 Å². The molecule has 2 amide bonds. The SMILES string of the molecule is O=C1[C@@H]2C[C@H](NC(=O)C3(c4ccccc4)CC3)CN2CCS(=O)(=O)N1C1CC1. The highest BCUT2D eigenvalue weighted by molar-refractivity contribution is 7.89. The molecule has 2 saturated carbocycles. The molecule has 2 aliphatic carbocycles. The number of benzene rings is 1. The van der Waals surface area contributed by atoms with E-state index in [1.54, 1.807) is 0 Å². The van der Waals surface area contributed by atoms with Gasteiger partial charge in [-0.15, -0.1) is 0 Å². The fourth-order valence-electron chi connectivity index (χ4n) is 4.70. The zero-order chi connectivity index (χ0) is 19.5. The molecule has 0 bridgehead atoms. The van der Waals surface area contributed by atoms with E-state index in [-0.39, 0.29) is 29.7 Å². The Bertz CT molecular complexity index is 909. The Morgan fingerprint density at radius 2 is 1.86 bits per heavy atom. The van der Waals surface area contributed by atoms with Gasteiger partial charge in [0.15, 0.2) is 0 Å². The maximum absolute atomic E-state index is 13.0. The molecular weight excluding hydrogens is 378 g/mol. The van der Waals surface area contributed by atoms with Crippen LogP contribution in [0.5, 0.6) is 0 Å². The normalized spacial score (nSPS) is 31.1. The van der Waals surface area contributed by atoms with Crippen LogP contribution in [-0.4, -0.2) is 66.4 Å². The Kier molecular flexibility index (Phi) is 4.07. The third-order valence-electron chi connectivity index (χ3n) is 6.57. The van der Waals surface area contributed by atoms with Gasteiger partial charge in [-0.2, -0.15) is 0 Å². The van der Waals surface area contributed by atoms with E-state index >= 15 is 0 Å². The highest BCUT2D eigenvalue weighted by Crippen LogP contribution is 2.48. The van der Waals surface area contributed by atoms with Crippen LogP contribution < -0.4 is 5.32 Å². The van der Waals surface area contributed by atoms with E-state index in [1.807, 2.05) is 35.2 Å². The minimum absolute atomic E-state index is 0.0274. The van der Waals surface area contributed by atoms with Crippen molar-refractivity contribution in [3.63, 3.8) is 0 Å². The molecule has 4 fully saturated rings. The minimum Gasteiger partial charge on any atom is -0.351 e. The van der Waals surface area contributed by atoms with Gasteiger partial charge in [0, 0.05) is 25.2 Å².